The zero-order valence-corrected chi connectivity index (χ0v) is 13.7. The van der Waals surface area contributed by atoms with Crippen molar-refractivity contribution in [2.75, 3.05) is 44.3 Å². The molecule has 2 N–H and O–H groups in total. The van der Waals surface area contributed by atoms with E-state index in [0.717, 1.165) is 13.1 Å². The van der Waals surface area contributed by atoms with Crippen LogP contribution in [0.5, 0.6) is 0 Å². The number of amides is 2. The van der Waals surface area contributed by atoms with Gasteiger partial charge in [0.2, 0.25) is 5.91 Å². The molecule has 2 rings (SSSR count). The number of nitrogens with zero attached hydrogens (tertiary/aromatic N) is 2. The zero-order chi connectivity index (χ0) is 16.7. The van der Waals surface area contributed by atoms with Crippen molar-refractivity contribution < 1.29 is 14.3 Å². The molecule has 0 atom stereocenters. The van der Waals surface area contributed by atoms with E-state index in [1.165, 1.54) is 0 Å². The number of pyridine rings is 1. The van der Waals surface area contributed by atoms with Crippen LogP contribution in [0.4, 0.5) is 5.82 Å². The fraction of sp³-hybridized carbons (Fsp3) is 0.562. The summed E-state index contributed by atoms with van der Waals surface area (Å²) in [7, 11) is 0. The maximum atomic E-state index is 12.4. The molecule has 0 bridgehead atoms. The summed E-state index contributed by atoms with van der Waals surface area (Å²) in [5.74, 6) is 0.421. The Balaban J connectivity index is 1.90. The van der Waals surface area contributed by atoms with Crippen molar-refractivity contribution in [2.24, 2.45) is 5.92 Å². The highest BCUT2D eigenvalue weighted by Crippen LogP contribution is 2.18. The zero-order valence-electron chi connectivity index (χ0n) is 13.7. The number of carbonyl (C=O) groups is 2. The molecule has 7 nitrogen and oxygen atoms in total. The van der Waals surface area contributed by atoms with Gasteiger partial charge in [-0.05, 0) is 12.1 Å². The van der Waals surface area contributed by atoms with Crippen molar-refractivity contribution in [3.8, 4) is 0 Å². The van der Waals surface area contributed by atoms with Crippen molar-refractivity contribution in [1.29, 1.82) is 0 Å². The normalized spacial score (nSPS) is 14.7. The van der Waals surface area contributed by atoms with Crippen molar-refractivity contribution in [3.05, 3.63) is 23.9 Å². The van der Waals surface area contributed by atoms with E-state index in [2.05, 4.69) is 20.5 Å². The van der Waals surface area contributed by atoms with Crippen LogP contribution in [0.1, 0.15) is 24.2 Å². The van der Waals surface area contributed by atoms with Gasteiger partial charge in [-0.1, -0.05) is 13.8 Å². The molecule has 2 heterocycles. The van der Waals surface area contributed by atoms with Gasteiger partial charge in [-0.15, -0.1) is 0 Å². The molecule has 2 amide bonds. The molecule has 1 aromatic rings. The Hall–Kier alpha value is -2.15. The molecular formula is C16H24N4O3. The summed E-state index contributed by atoms with van der Waals surface area (Å²) >= 11 is 0. The van der Waals surface area contributed by atoms with Crippen LogP contribution in [0, 0.1) is 5.92 Å². The van der Waals surface area contributed by atoms with Crippen LogP contribution in [0.15, 0.2) is 18.3 Å². The summed E-state index contributed by atoms with van der Waals surface area (Å²) < 4.78 is 5.33. The van der Waals surface area contributed by atoms with Gasteiger partial charge < -0.3 is 20.3 Å². The molecule has 7 heteroatoms. The lowest BCUT2D eigenvalue weighted by molar-refractivity contribution is -0.123. The first-order chi connectivity index (χ1) is 11.1. The van der Waals surface area contributed by atoms with E-state index in [0.29, 0.717) is 37.7 Å². The van der Waals surface area contributed by atoms with E-state index < -0.39 is 0 Å². The van der Waals surface area contributed by atoms with Crippen molar-refractivity contribution >= 4 is 17.6 Å². The maximum Gasteiger partial charge on any atom is 0.255 e. The molecule has 0 radical (unpaired) electrons. The van der Waals surface area contributed by atoms with Crippen LogP contribution in [0.25, 0.3) is 0 Å². The average Bonchev–Trinajstić information content (AvgIpc) is 2.59. The third-order valence-corrected chi connectivity index (χ3v) is 3.58. The first-order valence-electron chi connectivity index (χ1n) is 7.93. The molecule has 0 unspecified atom stereocenters. The monoisotopic (exact) mass is 320 g/mol. The highest BCUT2D eigenvalue weighted by Gasteiger charge is 2.19. The molecule has 1 aromatic heterocycles. The largest absolute Gasteiger partial charge is 0.378 e. The van der Waals surface area contributed by atoms with Crippen LogP contribution >= 0.6 is 0 Å². The second-order valence-electron chi connectivity index (χ2n) is 5.68. The van der Waals surface area contributed by atoms with E-state index in [9.17, 15) is 9.59 Å². The van der Waals surface area contributed by atoms with Gasteiger partial charge in [0.15, 0.2) is 0 Å². The van der Waals surface area contributed by atoms with E-state index in [4.69, 9.17) is 4.74 Å². The van der Waals surface area contributed by atoms with Crippen LogP contribution in [-0.4, -0.2) is 56.2 Å². The number of hydrogen-bond donors (Lipinski definition) is 2. The van der Waals surface area contributed by atoms with Gasteiger partial charge in [0.1, 0.15) is 5.82 Å². The SMILES string of the molecule is CC(C)C(=O)NCCNC(=O)c1cccnc1N1CCOCC1. The Kier molecular flexibility index (Phi) is 6.34. The number of hydrogen-bond acceptors (Lipinski definition) is 5. The van der Waals surface area contributed by atoms with Crippen LogP contribution < -0.4 is 15.5 Å². The molecule has 126 valence electrons. The number of carbonyl (C=O) groups excluding carboxylic acids is 2. The summed E-state index contributed by atoms with van der Waals surface area (Å²) in [4.78, 5) is 30.2. The summed E-state index contributed by atoms with van der Waals surface area (Å²) in [6.45, 7) is 7.18. The number of nitrogens with one attached hydrogen (secondary N) is 2. The number of anilines is 1. The quantitative estimate of drug-likeness (QED) is 0.742. The minimum atomic E-state index is -0.182. The predicted octanol–water partition coefficient (Wildman–Crippen LogP) is 0.420. The number of morpholine rings is 1. The second kappa shape index (κ2) is 8.47. The van der Waals surface area contributed by atoms with E-state index in [1.54, 1.807) is 18.3 Å². The topological polar surface area (TPSA) is 83.6 Å². The highest BCUT2D eigenvalue weighted by molar-refractivity contribution is 5.98. The predicted molar refractivity (Wildman–Crippen MR) is 87.4 cm³/mol. The first kappa shape index (κ1) is 17.2. The molecule has 0 spiro atoms. The molecule has 1 fully saturated rings. The van der Waals surface area contributed by atoms with Crippen molar-refractivity contribution in [2.45, 2.75) is 13.8 Å². The van der Waals surface area contributed by atoms with Gasteiger partial charge >= 0.3 is 0 Å². The Morgan fingerprint density at radius 2 is 1.96 bits per heavy atom. The molecule has 0 aliphatic carbocycles. The molecular weight excluding hydrogens is 296 g/mol. The molecule has 23 heavy (non-hydrogen) atoms. The van der Waals surface area contributed by atoms with Crippen LogP contribution in [-0.2, 0) is 9.53 Å². The summed E-state index contributed by atoms with van der Waals surface area (Å²) in [5, 5.41) is 5.59. The summed E-state index contributed by atoms with van der Waals surface area (Å²) in [6, 6.07) is 3.51. The summed E-state index contributed by atoms with van der Waals surface area (Å²) in [6.07, 6.45) is 1.68. The van der Waals surface area contributed by atoms with E-state index in [-0.39, 0.29) is 17.7 Å². The Bertz CT molecular complexity index is 542. The first-order valence-corrected chi connectivity index (χ1v) is 7.93. The number of ether oxygens (including phenoxy) is 1. The number of rotatable bonds is 6. The smallest absolute Gasteiger partial charge is 0.255 e. The molecule has 1 aliphatic heterocycles. The Labute approximate surface area is 136 Å². The van der Waals surface area contributed by atoms with Gasteiger partial charge in [0.05, 0.1) is 18.8 Å². The molecule has 1 aliphatic rings. The third-order valence-electron chi connectivity index (χ3n) is 3.58. The van der Waals surface area contributed by atoms with Crippen LogP contribution in [0.3, 0.4) is 0 Å². The third kappa shape index (κ3) is 4.92. The van der Waals surface area contributed by atoms with Crippen molar-refractivity contribution in [3.63, 3.8) is 0 Å². The molecule has 0 saturated carbocycles. The van der Waals surface area contributed by atoms with Gasteiger partial charge in [-0.25, -0.2) is 4.98 Å². The minimum absolute atomic E-state index is 0.0189. The van der Waals surface area contributed by atoms with Gasteiger partial charge in [-0.3, -0.25) is 9.59 Å². The lowest BCUT2D eigenvalue weighted by Gasteiger charge is -2.29. The fourth-order valence-corrected chi connectivity index (χ4v) is 2.26. The van der Waals surface area contributed by atoms with Gasteiger partial charge in [0, 0.05) is 38.3 Å². The second-order valence-corrected chi connectivity index (χ2v) is 5.68. The van der Waals surface area contributed by atoms with E-state index >= 15 is 0 Å². The Morgan fingerprint density at radius 1 is 1.26 bits per heavy atom. The van der Waals surface area contributed by atoms with Gasteiger partial charge in [0.25, 0.3) is 5.91 Å². The fourth-order valence-electron chi connectivity index (χ4n) is 2.26. The minimum Gasteiger partial charge on any atom is -0.378 e. The highest BCUT2D eigenvalue weighted by atomic mass is 16.5. The molecule has 0 aromatic carbocycles. The molecule has 1 saturated heterocycles. The Morgan fingerprint density at radius 3 is 2.65 bits per heavy atom. The average molecular weight is 320 g/mol. The summed E-state index contributed by atoms with van der Waals surface area (Å²) in [5.41, 5.74) is 0.546. The maximum absolute atomic E-state index is 12.4. The standard InChI is InChI=1S/C16H24N4O3/c1-12(2)15(21)18-6-7-19-16(22)13-4-3-5-17-14(13)20-8-10-23-11-9-20/h3-5,12H,6-11H2,1-2H3,(H,18,21)(H,19,22). The lowest BCUT2D eigenvalue weighted by Crippen LogP contribution is -2.39. The van der Waals surface area contributed by atoms with Crippen LogP contribution in [0.2, 0.25) is 0 Å². The van der Waals surface area contributed by atoms with Crippen molar-refractivity contribution in [1.82, 2.24) is 15.6 Å². The van der Waals surface area contributed by atoms with Gasteiger partial charge in [-0.2, -0.15) is 0 Å². The van der Waals surface area contributed by atoms with E-state index in [1.807, 2.05) is 13.8 Å². The lowest BCUT2D eigenvalue weighted by atomic mass is 10.2. The number of aromatic nitrogens is 1.